The van der Waals surface area contributed by atoms with Crippen LogP contribution in [0, 0.1) is 0 Å². The summed E-state index contributed by atoms with van der Waals surface area (Å²) in [6.45, 7) is 0. The molecule has 0 aliphatic heterocycles. The minimum Gasteiger partial charge on any atom is -0.467 e. The summed E-state index contributed by atoms with van der Waals surface area (Å²) in [4.78, 5) is 20.2. The molecule has 84 valence electrons. The predicted molar refractivity (Wildman–Crippen MR) is 62.5 cm³/mol. The number of nitrogens with zero attached hydrogens (tertiary/aromatic N) is 2. The second-order valence-electron chi connectivity index (χ2n) is 3.64. The number of carbonyl (C=O) groups is 1. The third-order valence-electron chi connectivity index (χ3n) is 2.68. The van der Waals surface area contributed by atoms with E-state index in [9.17, 15) is 4.79 Å². The first-order valence-corrected chi connectivity index (χ1v) is 5.34. The lowest BCUT2D eigenvalue weighted by Crippen LogP contribution is -2.01. The van der Waals surface area contributed by atoms with Crippen molar-refractivity contribution in [3.8, 4) is 17.1 Å². The van der Waals surface area contributed by atoms with Crippen molar-refractivity contribution in [3.05, 3.63) is 40.7 Å². The molecule has 4 nitrogen and oxygen atoms in total. The maximum Gasteiger partial charge on any atom is 0.316 e. The summed E-state index contributed by atoms with van der Waals surface area (Å²) in [6, 6.07) is 5.38. The fourth-order valence-corrected chi connectivity index (χ4v) is 2.07. The number of ether oxygens (including phenoxy) is 1. The zero-order valence-electron chi connectivity index (χ0n) is 8.90. The number of halogens is 1. The van der Waals surface area contributed by atoms with E-state index in [0.717, 1.165) is 11.1 Å². The summed E-state index contributed by atoms with van der Waals surface area (Å²) in [7, 11) is 1.46. The van der Waals surface area contributed by atoms with Gasteiger partial charge in [0.15, 0.2) is 0 Å². The molecule has 2 aromatic rings. The molecular formula is C12H7ClN2O2. The second kappa shape index (κ2) is 3.53. The van der Waals surface area contributed by atoms with Gasteiger partial charge in [0.2, 0.25) is 5.78 Å². The van der Waals surface area contributed by atoms with Crippen LogP contribution in [0.5, 0.6) is 6.01 Å². The Bertz CT molecular complexity index is 640. The van der Waals surface area contributed by atoms with Crippen molar-refractivity contribution < 1.29 is 9.53 Å². The number of benzene rings is 1. The molecule has 0 N–H and O–H groups in total. The van der Waals surface area contributed by atoms with Gasteiger partial charge in [-0.15, -0.1) is 0 Å². The molecule has 0 bridgehead atoms. The Morgan fingerprint density at radius 1 is 1.24 bits per heavy atom. The van der Waals surface area contributed by atoms with Crippen LogP contribution in [0.4, 0.5) is 0 Å². The fraction of sp³-hybridized carbons (Fsp3) is 0.0833. The Balaban J connectivity index is 2.27. The second-order valence-corrected chi connectivity index (χ2v) is 4.07. The van der Waals surface area contributed by atoms with Crippen LogP contribution in [0.3, 0.4) is 0 Å². The van der Waals surface area contributed by atoms with Crippen molar-refractivity contribution in [2.45, 2.75) is 0 Å². The molecule has 17 heavy (non-hydrogen) atoms. The molecule has 1 heterocycles. The molecule has 0 radical (unpaired) electrons. The van der Waals surface area contributed by atoms with Crippen LogP contribution in [-0.4, -0.2) is 22.9 Å². The zero-order valence-corrected chi connectivity index (χ0v) is 9.65. The van der Waals surface area contributed by atoms with Gasteiger partial charge in [0, 0.05) is 22.3 Å². The molecule has 0 fully saturated rings. The molecule has 0 unspecified atom stereocenters. The van der Waals surface area contributed by atoms with Gasteiger partial charge >= 0.3 is 6.01 Å². The molecule has 1 aliphatic carbocycles. The first-order chi connectivity index (χ1) is 8.20. The standard InChI is InChI=1S/C12H7ClN2O2/c1-17-12-14-5-9-7-3-2-6(13)4-8(7)11(16)10(9)15-12/h2-5H,1H3. The van der Waals surface area contributed by atoms with Crippen molar-refractivity contribution in [3.63, 3.8) is 0 Å². The average molecular weight is 247 g/mol. The average Bonchev–Trinajstić information content (AvgIpc) is 2.62. The number of carbonyl (C=O) groups excluding carboxylic acids is 1. The largest absolute Gasteiger partial charge is 0.467 e. The van der Waals surface area contributed by atoms with E-state index in [2.05, 4.69) is 9.97 Å². The third-order valence-corrected chi connectivity index (χ3v) is 2.92. The smallest absolute Gasteiger partial charge is 0.316 e. The highest BCUT2D eigenvalue weighted by Gasteiger charge is 2.29. The minimum atomic E-state index is -0.141. The highest BCUT2D eigenvalue weighted by atomic mass is 35.5. The molecule has 5 heteroatoms. The highest BCUT2D eigenvalue weighted by Crippen LogP contribution is 2.36. The number of fused-ring (bicyclic) bond motifs is 3. The van der Waals surface area contributed by atoms with Gasteiger partial charge in [0.25, 0.3) is 0 Å². The lowest BCUT2D eigenvalue weighted by molar-refractivity contribution is 0.103. The van der Waals surface area contributed by atoms with Crippen molar-refractivity contribution in [2.75, 3.05) is 7.11 Å². The van der Waals surface area contributed by atoms with Crippen LogP contribution >= 0.6 is 11.6 Å². The summed E-state index contributed by atoms with van der Waals surface area (Å²) >= 11 is 5.88. The molecule has 0 saturated carbocycles. The van der Waals surface area contributed by atoms with Gasteiger partial charge in [-0.05, 0) is 17.7 Å². The van der Waals surface area contributed by atoms with Crippen molar-refractivity contribution in [1.82, 2.24) is 9.97 Å². The number of hydrogen-bond donors (Lipinski definition) is 0. The molecular weight excluding hydrogens is 240 g/mol. The normalized spacial score (nSPS) is 12.2. The summed E-state index contributed by atoms with van der Waals surface area (Å²) in [5.74, 6) is -0.141. The van der Waals surface area contributed by atoms with Crippen LogP contribution in [0.15, 0.2) is 24.4 Å². The van der Waals surface area contributed by atoms with Gasteiger partial charge in [0.05, 0.1) is 7.11 Å². The highest BCUT2D eigenvalue weighted by molar-refractivity contribution is 6.32. The quantitative estimate of drug-likeness (QED) is 0.661. The van der Waals surface area contributed by atoms with Gasteiger partial charge in [-0.25, -0.2) is 4.98 Å². The van der Waals surface area contributed by atoms with Crippen LogP contribution in [0.25, 0.3) is 11.1 Å². The first-order valence-electron chi connectivity index (χ1n) is 4.96. The van der Waals surface area contributed by atoms with E-state index < -0.39 is 0 Å². The Morgan fingerprint density at radius 2 is 2.06 bits per heavy atom. The van der Waals surface area contributed by atoms with Gasteiger partial charge in [0.1, 0.15) is 5.69 Å². The topological polar surface area (TPSA) is 52.1 Å². The Hall–Kier alpha value is -1.94. The number of hydrogen-bond acceptors (Lipinski definition) is 4. The molecule has 1 aromatic carbocycles. The number of ketones is 1. The third kappa shape index (κ3) is 1.41. The van der Waals surface area contributed by atoms with Gasteiger partial charge in [-0.1, -0.05) is 17.7 Å². The van der Waals surface area contributed by atoms with Crippen LogP contribution in [-0.2, 0) is 0 Å². The molecule has 1 aromatic heterocycles. The van der Waals surface area contributed by atoms with E-state index in [-0.39, 0.29) is 11.8 Å². The van der Waals surface area contributed by atoms with Crippen molar-refractivity contribution in [2.24, 2.45) is 0 Å². The molecule has 0 atom stereocenters. The summed E-state index contributed by atoms with van der Waals surface area (Å²) in [5.41, 5.74) is 2.48. The number of aromatic nitrogens is 2. The summed E-state index contributed by atoms with van der Waals surface area (Å²) in [6.07, 6.45) is 1.60. The summed E-state index contributed by atoms with van der Waals surface area (Å²) < 4.78 is 4.91. The maximum atomic E-state index is 12.1. The molecule has 0 spiro atoms. The van der Waals surface area contributed by atoms with Crippen molar-refractivity contribution >= 4 is 17.4 Å². The summed E-state index contributed by atoms with van der Waals surface area (Å²) in [5, 5.41) is 0.532. The van der Waals surface area contributed by atoms with Crippen LogP contribution in [0.1, 0.15) is 16.1 Å². The van der Waals surface area contributed by atoms with E-state index in [1.807, 2.05) is 0 Å². The molecule has 1 aliphatic rings. The lowest BCUT2D eigenvalue weighted by atomic mass is 10.1. The van der Waals surface area contributed by atoms with Crippen molar-refractivity contribution in [1.29, 1.82) is 0 Å². The van der Waals surface area contributed by atoms with E-state index in [0.29, 0.717) is 16.3 Å². The van der Waals surface area contributed by atoms with Gasteiger partial charge < -0.3 is 4.74 Å². The van der Waals surface area contributed by atoms with E-state index in [1.54, 1.807) is 24.4 Å². The Morgan fingerprint density at radius 3 is 2.82 bits per heavy atom. The zero-order chi connectivity index (χ0) is 12.0. The van der Waals surface area contributed by atoms with Crippen LogP contribution in [0.2, 0.25) is 5.02 Å². The Kier molecular flexibility index (Phi) is 2.12. The van der Waals surface area contributed by atoms with E-state index >= 15 is 0 Å². The minimum absolute atomic E-state index is 0.141. The van der Waals surface area contributed by atoms with E-state index in [1.165, 1.54) is 7.11 Å². The monoisotopic (exact) mass is 246 g/mol. The number of methoxy groups -OCH3 is 1. The fourth-order valence-electron chi connectivity index (χ4n) is 1.90. The lowest BCUT2D eigenvalue weighted by Gasteiger charge is -2.00. The first kappa shape index (κ1) is 10.2. The SMILES string of the molecule is COc1ncc2c(n1)C(=O)c1cc(Cl)ccc1-2. The molecule has 3 rings (SSSR count). The van der Waals surface area contributed by atoms with E-state index in [4.69, 9.17) is 16.3 Å². The molecule has 0 amide bonds. The van der Waals surface area contributed by atoms with Gasteiger partial charge in [-0.3, -0.25) is 4.79 Å². The number of rotatable bonds is 1. The van der Waals surface area contributed by atoms with Gasteiger partial charge in [-0.2, -0.15) is 4.98 Å². The maximum absolute atomic E-state index is 12.1. The molecule has 0 saturated heterocycles. The predicted octanol–water partition coefficient (Wildman–Crippen LogP) is 2.35. The Labute approximate surface area is 102 Å². The van der Waals surface area contributed by atoms with Crippen LogP contribution < -0.4 is 4.74 Å².